The topological polar surface area (TPSA) is 42.2 Å². The van der Waals surface area contributed by atoms with E-state index in [1.165, 1.54) is 23.9 Å². The normalized spacial score (nSPS) is 16.8. The van der Waals surface area contributed by atoms with Gasteiger partial charge in [-0.1, -0.05) is 36.1 Å². The molecule has 0 bridgehead atoms. The molecule has 20 heavy (non-hydrogen) atoms. The predicted molar refractivity (Wildman–Crippen MR) is 80.4 cm³/mol. The third-order valence-corrected chi connectivity index (χ3v) is 3.81. The van der Waals surface area contributed by atoms with Crippen molar-refractivity contribution in [2.45, 2.75) is 0 Å². The van der Waals surface area contributed by atoms with E-state index in [1.54, 1.807) is 30.3 Å². The van der Waals surface area contributed by atoms with Crippen LogP contribution in [-0.4, -0.2) is 10.2 Å². The summed E-state index contributed by atoms with van der Waals surface area (Å²) in [5.74, 6) is 0.507. The molecule has 1 aromatic carbocycles. The van der Waals surface area contributed by atoms with Gasteiger partial charge < -0.3 is 9.73 Å². The molecule has 100 valence electrons. The van der Waals surface area contributed by atoms with Gasteiger partial charge in [-0.2, -0.15) is 0 Å². The lowest BCUT2D eigenvalue weighted by Crippen LogP contribution is -2.17. The van der Waals surface area contributed by atoms with Crippen LogP contribution < -0.4 is 5.32 Å². The number of furan rings is 1. The van der Waals surface area contributed by atoms with Gasteiger partial charge in [0.15, 0.2) is 0 Å². The number of carbonyl (C=O) groups is 1. The molecule has 3 nitrogen and oxygen atoms in total. The first-order valence-electron chi connectivity index (χ1n) is 5.72. The summed E-state index contributed by atoms with van der Waals surface area (Å²) >= 11 is 6.09. The number of nitrogens with one attached hydrogen (secondary N) is 1. The summed E-state index contributed by atoms with van der Waals surface area (Å²) in [5, 5.41) is 2.53. The number of halogens is 1. The zero-order chi connectivity index (χ0) is 14.1. The van der Waals surface area contributed by atoms with Crippen molar-refractivity contribution >= 4 is 40.3 Å². The van der Waals surface area contributed by atoms with Gasteiger partial charge in [-0.25, -0.2) is 4.39 Å². The molecular weight excluding hydrogens is 297 g/mol. The fourth-order valence-electron chi connectivity index (χ4n) is 1.78. The maximum absolute atomic E-state index is 13.2. The molecule has 2 heterocycles. The minimum atomic E-state index is -0.324. The van der Waals surface area contributed by atoms with Crippen LogP contribution in [0, 0.1) is 5.82 Å². The zero-order valence-electron chi connectivity index (χ0n) is 10.1. The lowest BCUT2D eigenvalue weighted by Gasteiger charge is -1.96. The van der Waals surface area contributed by atoms with Crippen LogP contribution in [-0.2, 0) is 4.79 Å². The maximum atomic E-state index is 13.2. The van der Waals surface area contributed by atoms with Crippen molar-refractivity contribution in [1.82, 2.24) is 5.32 Å². The van der Waals surface area contributed by atoms with Crippen molar-refractivity contribution in [3.05, 3.63) is 52.9 Å². The Kier molecular flexibility index (Phi) is 3.42. The highest BCUT2D eigenvalue weighted by Crippen LogP contribution is 2.28. The maximum Gasteiger partial charge on any atom is 0.263 e. The molecule has 0 atom stereocenters. The predicted octanol–water partition coefficient (Wildman–Crippen LogP) is 3.57. The number of rotatable bonds is 2. The van der Waals surface area contributed by atoms with E-state index >= 15 is 0 Å². The summed E-state index contributed by atoms with van der Waals surface area (Å²) in [5.41, 5.74) is 0.647. The molecule has 6 heteroatoms. The molecular formula is C14H8FNO2S2. The summed E-state index contributed by atoms with van der Waals surface area (Å²) in [6.07, 6.45) is 1.61. The molecule has 2 aromatic rings. The average molecular weight is 305 g/mol. The molecule has 1 aliphatic heterocycles. The van der Waals surface area contributed by atoms with Gasteiger partial charge in [-0.3, -0.25) is 4.79 Å². The van der Waals surface area contributed by atoms with Crippen molar-refractivity contribution in [1.29, 1.82) is 0 Å². The van der Waals surface area contributed by atoms with Crippen LogP contribution >= 0.6 is 24.0 Å². The van der Waals surface area contributed by atoms with Crippen LogP contribution in [0.2, 0.25) is 0 Å². The number of thioether (sulfide) groups is 1. The Labute approximate surface area is 123 Å². The summed E-state index contributed by atoms with van der Waals surface area (Å²) in [6, 6.07) is 9.59. The molecule has 1 aromatic heterocycles. The van der Waals surface area contributed by atoms with E-state index in [0.29, 0.717) is 26.3 Å². The zero-order valence-corrected chi connectivity index (χ0v) is 11.7. The largest absolute Gasteiger partial charge is 0.457 e. The van der Waals surface area contributed by atoms with Crippen LogP contribution in [0.1, 0.15) is 5.76 Å². The van der Waals surface area contributed by atoms with Gasteiger partial charge in [0, 0.05) is 11.6 Å². The van der Waals surface area contributed by atoms with E-state index in [-0.39, 0.29) is 11.7 Å². The van der Waals surface area contributed by atoms with Gasteiger partial charge in [0.25, 0.3) is 5.91 Å². The van der Waals surface area contributed by atoms with Gasteiger partial charge in [-0.05, 0) is 24.3 Å². The molecule has 0 saturated carbocycles. The smallest absolute Gasteiger partial charge is 0.263 e. The van der Waals surface area contributed by atoms with Crippen molar-refractivity contribution in [2.24, 2.45) is 0 Å². The lowest BCUT2D eigenvalue weighted by atomic mass is 10.2. The fourth-order valence-corrected chi connectivity index (χ4v) is 2.80. The monoisotopic (exact) mass is 305 g/mol. The molecule has 0 aliphatic carbocycles. The Balaban J connectivity index is 1.89. The molecule has 0 unspecified atom stereocenters. The Morgan fingerprint density at radius 3 is 2.85 bits per heavy atom. The summed E-state index contributed by atoms with van der Waals surface area (Å²) in [4.78, 5) is 12.0. The van der Waals surface area contributed by atoms with Crippen LogP contribution in [0.4, 0.5) is 4.39 Å². The second kappa shape index (κ2) is 5.22. The number of thiocarbonyl (C=S) groups is 1. The highest BCUT2D eigenvalue weighted by atomic mass is 32.2. The molecule has 1 saturated heterocycles. The van der Waals surface area contributed by atoms with Crippen molar-refractivity contribution < 1.29 is 13.6 Å². The summed E-state index contributed by atoms with van der Waals surface area (Å²) < 4.78 is 19.2. The highest BCUT2D eigenvalue weighted by molar-refractivity contribution is 8.26. The first-order valence-corrected chi connectivity index (χ1v) is 6.95. The number of amides is 1. The second-order valence-electron chi connectivity index (χ2n) is 4.06. The number of hydrogen-bond acceptors (Lipinski definition) is 4. The Bertz CT molecular complexity index is 736. The van der Waals surface area contributed by atoms with Crippen molar-refractivity contribution in [3.8, 4) is 11.3 Å². The van der Waals surface area contributed by atoms with E-state index in [0.717, 1.165) is 0 Å². The van der Waals surface area contributed by atoms with Crippen molar-refractivity contribution in [3.63, 3.8) is 0 Å². The first kappa shape index (κ1) is 13.1. The number of carbonyl (C=O) groups excluding carboxylic acids is 1. The molecule has 1 fully saturated rings. The van der Waals surface area contributed by atoms with Crippen LogP contribution in [0.25, 0.3) is 17.4 Å². The minimum absolute atomic E-state index is 0.233. The van der Waals surface area contributed by atoms with E-state index in [4.69, 9.17) is 16.6 Å². The van der Waals surface area contributed by atoms with Crippen LogP contribution in [0.3, 0.4) is 0 Å². The minimum Gasteiger partial charge on any atom is -0.457 e. The average Bonchev–Trinajstić information content (AvgIpc) is 2.97. The van der Waals surface area contributed by atoms with Gasteiger partial charge in [0.2, 0.25) is 0 Å². The Hall–Kier alpha value is -1.92. The standard InChI is InChI=1S/C14H8FNO2S2/c15-9-3-1-2-8(6-9)11-5-4-10(18-11)7-12-13(17)16-14(19)20-12/h1-7H,(H,16,17,19)/b12-7-. The molecule has 0 spiro atoms. The number of hydrogen-bond donors (Lipinski definition) is 1. The van der Waals surface area contributed by atoms with Gasteiger partial charge in [0.05, 0.1) is 4.91 Å². The van der Waals surface area contributed by atoms with Gasteiger partial charge in [-0.15, -0.1) is 0 Å². The Morgan fingerprint density at radius 1 is 1.30 bits per heavy atom. The second-order valence-corrected chi connectivity index (χ2v) is 5.78. The summed E-state index contributed by atoms with van der Waals surface area (Å²) in [7, 11) is 0. The quantitative estimate of drug-likeness (QED) is 0.680. The molecule has 3 rings (SSSR count). The molecule has 1 amide bonds. The molecule has 1 N–H and O–H groups in total. The molecule has 0 radical (unpaired) electrons. The van der Waals surface area contributed by atoms with Crippen LogP contribution in [0.15, 0.2) is 45.7 Å². The first-order chi connectivity index (χ1) is 9.61. The third kappa shape index (κ3) is 2.66. The Morgan fingerprint density at radius 2 is 2.15 bits per heavy atom. The lowest BCUT2D eigenvalue weighted by molar-refractivity contribution is -0.115. The van der Waals surface area contributed by atoms with Crippen LogP contribution in [0.5, 0.6) is 0 Å². The highest BCUT2D eigenvalue weighted by Gasteiger charge is 2.22. The van der Waals surface area contributed by atoms with Crippen molar-refractivity contribution in [2.75, 3.05) is 0 Å². The van der Waals surface area contributed by atoms with Gasteiger partial charge >= 0.3 is 0 Å². The fraction of sp³-hybridized carbons (Fsp3) is 0. The molecule has 1 aliphatic rings. The number of benzene rings is 1. The SMILES string of the molecule is O=C1NC(=S)S/C1=C\c1ccc(-c2cccc(F)c2)o1. The van der Waals surface area contributed by atoms with E-state index in [2.05, 4.69) is 5.32 Å². The summed E-state index contributed by atoms with van der Waals surface area (Å²) in [6.45, 7) is 0. The third-order valence-electron chi connectivity index (χ3n) is 2.65. The van der Waals surface area contributed by atoms with E-state index < -0.39 is 0 Å². The van der Waals surface area contributed by atoms with Gasteiger partial charge in [0.1, 0.15) is 21.7 Å². The van der Waals surface area contributed by atoms with E-state index in [9.17, 15) is 9.18 Å². The van der Waals surface area contributed by atoms with E-state index in [1.807, 2.05) is 0 Å².